The molecule has 2 aromatic carbocycles. The first kappa shape index (κ1) is 56.1. The highest BCUT2D eigenvalue weighted by atomic mass is 127. The molecule has 8 aromatic heterocycles. The third-order valence-electron chi connectivity index (χ3n) is 9.35. The number of methoxy groups -OCH3 is 1. The van der Waals surface area contributed by atoms with Gasteiger partial charge in [0.25, 0.3) is 5.91 Å². The summed E-state index contributed by atoms with van der Waals surface area (Å²) in [5, 5.41) is 11.6. The molecule has 0 atom stereocenters. The number of ether oxygens (including phenoxy) is 1. The van der Waals surface area contributed by atoms with Gasteiger partial charge in [-0.3, -0.25) is 49.9 Å². The fraction of sp³-hybridized carbons (Fsp3) is 0.0612. The van der Waals surface area contributed by atoms with Crippen molar-refractivity contribution in [1.82, 2.24) is 85.2 Å². The molecule has 25 nitrogen and oxygen atoms in total. The Bertz CT molecular complexity index is 3010. The summed E-state index contributed by atoms with van der Waals surface area (Å²) in [6.07, 6.45) is 37.8. The predicted molar refractivity (Wildman–Crippen MR) is 284 cm³/mol. The van der Waals surface area contributed by atoms with Crippen molar-refractivity contribution in [3.05, 3.63) is 223 Å². The third kappa shape index (κ3) is 18.6. The minimum atomic E-state index is -0.787. The standard InChI is InChI=1S/C17H14FN5O2.C16H13FN6O2.C8H7N5.C4H3IN2.C4H5N3.H2/c1-25-17(24)12-2-3-13(14(18)8-12)11-23(15-9-19-4-6-21-15)16-10-20-5-7-22-16;17-13-7-11(16(24)22-25)1-2-12(13)10-23(14-8-18-3-5-20-14)15-9-19-4-6-21-15;1-3-11-7(5-9-1)13-8-6-10-2-4-12-8;2*5-4-3-6-1-2-7-4;/h2-10H,11H2,1H3;1-9,25H,10H2,(H,22,24);1-6H,(H,11,12,13);1-3H;1-3H,(H2,5,7);1H. The van der Waals surface area contributed by atoms with Crippen LogP contribution < -0.4 is 26.3 Å². The van der Waals surface area contributed by atoms with Gasteiger partial charge >= 0.3 is 5.97 Å². The Hall–Kier alpha value is -10.2. The van der Waals surface area contributed by atoms with Gasteiger partial charge in [-0.15, -0.1) is 0 Å². The average molecular weight is 1160 g/mol. The van der Waals surface area contributed by atoms with Crippen LogP contribution in [0, 0.1) is 15.3 Å². The van der Waals surface area contributed by atoms with Gasteiger partial charge in [0.2, 0.25) is 0 Å². The van der Waals surface area contributed by atoms with E-state index in [-0.39, 0.29) is 25.6 Å². The number of nitrogens with one attached hydrogen (secondary N) is 2. The number of aromatic nitrogens is 16. The summed E-state index contributed by atoms with van der Waals surface area (Å²) in [6, 6.07) is 8.10. The van der Waals surface area contributed by atoms with Gasteiger partial charge in [-0.2, -0.15) is 0 Å². The second-order valence-electron chi connectivity index (χ2n) is 14.4. The normalized spacial score (nSPS) is 9.88. The number of esters is 1. The van der Waals surface area contributed by atoms with Crippen LogP contribution in [0.1, 0.15) is 33.3 Å². The first-order valence-corrected chi connectivity index (χ1v) is 23.1. The van der Waals surface area contributed by atoms with Crippen LogP contribution in [0.4, 0.5) is 49.5 Å². The molecule has 77 heavy (non-hydrogen) atoms. The van der Waals surface area contributed by atoms with Crippen LogP contribution in [0.15, 0.2) is 185 Å². The summed E-state index contributed by atoms with van der Waals surface area (Å²) in [5.74, 6) is 1.21. The van der Waals surface area contributed by atoms with E-state index in [2.05, 4.69) is 112 Å². The van der Waals surface area contributed by atoms with Crippen molar-refractivity contribution < 1.29 is 29.7 Å². The fourth-order valence-electron chi connectivity index (χ4n) is 5.87. The van der Waals surface area contributed by atoms with E-state index in [9.17, 15) is 18.4 Å². The number of nitrogens with zero attached hydrogens (tertiary/aromatic N) is 18. The summed E-state index contributed by atoms with van der Waals surface area (Å²) in [4.78, 5) is 90.2. The molecule has 28 heteroatoms. The van der Waals surface area contributed by atoms with Gasteiger partial charge in [0.15, 0.2) is 23.3 Å². The first-order valence-electron chi connectivity index (χ1n) is 22.0. The number of carbonyl (C=O) groups is 2. The Morgan fingerprint density at radius 1 is 0.532 bits per heavy atom. The number of nitrogens with two attached hydrogens (primary N) is 1. The zero-order chi connectivity index (χ0) is 54.5. The van der Waals surface area contributed by atoms with Crippen molar-refractivity contribution in [3.63, 3.8) is 0 Å². The van der Waals surface area contributed by atoms with Crippen molar-refractivity contribution >= 4 is 75.2 Å². The predicted octanol–water partition coefficient (Wildman–Crippen LogP) is 6.79. The monoisotopic (exact) mass is 1160 g/mol. The van der Waals surface area contributed by atoms with E-state index in [4.69, 9.17) is 10.9 Å². The lowest BCUT2D eigenvalue weighted by Crippen LogP contribution is -2.21. The Labute approximate surface area is 452 Å². The molecule has 0 saturated carbocycles. The Kier molecular flexibility index (Phi) is 22.4. The zero-order valence-corrected chi connectivity index (χ0v) is 42.3. The van der Waals surface area contributed by atoms with Crippen molar-refractivity contribution in [2.75, 3.05) is 28.0 Å². The molecule has 10 rings (SSSR count). The van der Waals surface area contributed by atoms with Gasteiger partial charge in [-0.05, 0) is 46.9 Å². The topological polar surface area (TPSA) is 326 Å². The molecule has 0 fully saturated rings. The van der Waals surface area contributed by atoms with E-state index >= 15 is 0 Å². The molecule has 0 unspecified atom stereocenters. The third-order valence-corrected chi connectivity index (χ3v) is 9.91. The van der Waals surface area contributed by atoms with Crippen molar-refractivity contribution in [3.8, 4) is 0 Å². The number of benzene rings is 2. The van der Waals surface area contributed by atoms with E-state index < -0.39 is 23.5 Å². The highest BCUT2D eigenvalue weighted by Gasteiger charge is 2.19. The largest absolute Gasteiger partial charge is 0.465 e. The maximum atomic E-state index is 14.4. The Morgan fingerprint density at radius 2 is 0.909 bits per heavy atom. The van der Waals surface area contributed by atoms with Gasteiger partial charge in [0.1, 0.15) is 32.8 Å². The van der Waals surface area contributed by atoms with Crippen LogP contribution in [0.5, 0.6) is 0 Å². The molecule has 390 valence electrons. The molecule has 0 aliphatic rings. The molecule has 0 saturated heterocycles. The van der Waals surface area contributed by atoms with Crippen LogP contribution in [0.3, 0.4) is 0 Å². The minimum absolute atomic E-state index is 0. The lowest BCUT2D eigenvalue weighted by Gasteiger charge is -2.22. The van der Waals surface area contributed by atoms with Gasteiger partial charge in [0.05, 0.1) is 75.3 Å². The minimum Gasteiger partial charge on any atom is -0.465 e. The van der Waals surface area contributed by atoms with Crippen LogP contribution >= 0.6 is 22.6 Å². The number of nitrogen functional groups attached to an aromatic ring is 1. The van der Waals surface area contributed by atoms with E-state index in [1.165, 1.54) is 92.6 Å². The number of hydrogen-bond donors (Lipinski definition) is 4. The van der Waals surface area contributed by atoms with Crippen LogP contribution in [-0.4, -0.2) is 104 Å². The summed E-state index contributed by atoms with van der Waals surface area (Å²) >= 11 is 2.11. The van der Waals surface area contributed by atoms with E-state index in [1.807, 2.05) is 0 Å². The first-order chi connectivity index (χ1) is 37.6. The lowest BCUT2D eigenvalue weighted by molar-refractivity contribution is 0.0599. The summed E-state index contributed by atoms with van der Waals surface area (Å²) in [7, 11) is 1.25. The van der Waals surface area contributed by atoms with Crippen LogP contribution in [0.25, 0.3) is 0 Å². The molecular formula is C49H44F2IN21O4. The molecule has 1 amide bonds. The van der Waals surface area contributed by atoms with E-state index in [0.29, 0.717) is 51.9 Å². The van der Waals surface area contributed by atoms with Gasteiger partial charge in [-0.25, -0.2) is 58.9 Å². The number of amides is 1. The summed E-state index contributed by atoms with van der Waals surface area (Å²) in [6.45, 7) is 0.245. The Balaban J connectivity index is 0.000000196. The maximum absolute atomic E-state index is 14.4. The second kappa shape index (κ2) is 30.7. The van der Waals surface area contributed by atoms with Gasteiger partial charge in [-0.1, -0.05) is 12.1 Å². The molecule has 0 aliphatic carbocycles. The molecular weight excluding hydrogens is 1110 g/mol. The number of rotatable bonds is 12. The lowest BCUT2D eigenvalue weighted by atomic mass is 10.1. The zero-order valence-electron chi connectivity index (χ0n) is 40.2. The number of halogens is 3. The van der Waals surface area contributed by atoms with Crippen molar-refractivity contribution in [2.24, 2.45) is 0 Å². The molecule has 5 N–H and O–H groups in total. The van der Waals surface area contributed by atoms with Gasteiger partial charge in [0, 0.05) is 117 Å². The average Bonchev–Trinajstić information content (AvgIpc) is 3.49. The maximum Gasteiger partial charge on any atom is 0.337 e. The van der Waals surface area contributed by atoms with Crippen molar-refractivity contribution in [2.45, 2.75) is 13.1 Å². The van der Waals surface area contributed by atoms with E-state index in [0.717, 1.165) is 15.8 Å². The molecule has 8 heterocycles. The van der Waals surface area contributed by atoms with Crippen molar-refractivity contribution in [1.29, 1.82) is 0 Å². The number of hydrogen-bond acceptors (Lipinski definition) is 24. The van der Waals surface area contributed by atoms with Crippen LogP contribution in [0.2, 0.25) is 0 Å². The fourth-order valence-corrected chi connectivity index (χ4v) is 6.20. The molecule has 10 aromatic rings. The Morgan fingerprint density at radius 3 is 1.19 bits per heavy atom. The molecule has 0 aliphatic heterocycles. The SMILES string of the molecule is COC(=O)c1ccc(CN(c2cnccn2)c2cnccn2)c(F)c1.Ic1cnccn1.Nc1cnccn1.O=C(NO)c1ccc(CN(c2cnccn2)c2cnccn2)c(F)c1.[HH].c1cnc(Nc2cnccn2)cn1. The smallest absolute Gasteiger partial charge is 0.337 e. The number of anilines is 7. The quantitative estimate of drug-likeness (QED) is 0.0423. The summed E-state index contributed by atoms with van der Waals surface area (Å²) in [5.41, 5.74) is 7.48. The summed E-state index contributed by atoms with van der Waals surface area (Å²) < 4.78 is 34.3. The van der Waals surface area contributed by atoms with Gasteiger partial charge < -0.3 is 25.6 Å². The molecule has 0 bridgehead atoms. The van der Waals surface area contributed by atoms with Crippen LogP contribution in [-0.2, 0) is 17.8 Å². The highest BCUT2D eigenvalue weighted by Crippen LogP contribution is 2.26. The number of hydroxylamine groups is 1. The van der Waals surface area contributed by atoms with E-state index in [1.54, 1.807) is 103 Å². The molecule has 0 radical (unpaired) electrons. The number of carbonyl (C=O) groups excluding carboxylic acids is 2. The highest BCUT2D eigenvalue weighted by molar-refractivity contribution is 14.1. The molecule has 0 spiro atoms. The second-order valence-corrected chi connectivity index (χ2v) is 15.5.